The summed E-state index contributed by atoms with van der Waals surface area (Å²) in [5, 5.41) is 3.52. The van der Waals surface area contributed by atoms with E-state index in [-0.39, 0.29) is 17.8 Å². The van der Waals surface area contributed by atoms with Gasteiger partial charge in [-0.25, -0.2) is 0 Å². The third-order valence-corrected chi connectivity index (χ3v) is 3.45. The van der Waals surface area contributed by atoms with Crippen molar-refractivity contribution < 1.29 is 14.3 Å². The Kier molecular flexibility index (Phi) is 4.30. The Bertz CT molecular complexity index is 821. The first kappa shape index (κ1) is 15.8. The first-order chi connectivity index (χ1) is 10.3. The molecular weight excluding hydrogens is 284 g/mol. The number of hydrogen-bond donors (Lipinski definition) is 1. The van der Waals surface area contributed by atoms with Crippen LogP contribution in [0, 0.1) is 6.92 Å². The molecule has 1 aromatic heterocycles. The topological polar surface area (TPSA) is 77.4 Å². The van der Waals surface area contributed by atoms with Gasteiger partial charge in [-0.15, -0.1) is 0 Å². The van der Waals surface area contributed by atoms with Crippen LogP contribution in [0.3, 0.4) is 0 Å². The lowest BCUT2D eigenvalue weighted by Crippen LogP contribution is -2.19. The number of ether oxygens (including phenoxy) is 1. The monoisotopic (exact) mass is 302 g/mol. The van der Waals surface area contributed by atoms with Gasteiger partial charge < -0.3 is 14.6 Å². The van der Waals surface area contributed by atoms with E-state index in [1.807, 2.05) is 13.0 Å². The molecule has 0 fully saturated rings. The van der Waals surface area contributed by atoms with E-state index in [1.54, 1.807) is 19.2 Å². The van der Waals surface area contributed by atoms with Gasteiger partial charge in [0.15, 0.2) is 5.75 Å². The number of carbonyl (C=O) groups is 2. The number of methoxy groups -OCH3 is 1. The Balaban J connectivity index is 2.63. The number of fused-ring (bicyclic) bond motifs is 1. The molecule has 0 spiro atoms. The normalized spacial score (nSPS) is 10.5. The highest BCUT2D eigenvalue weighted by molar-refractivity contribution is 6.06. The van der Waals surface area contributed by atoms with E-state index in [4.69, 9.17) is 4.74 Å². The summed E-state index contributed by atoms with van der Waals surface area (Å²) in [6.45, 7) is 3.20. The van der Waals surface area contributed by atoms with E-state index in [1.165, 1.54) is 18.6 Å². The minimum atomic E-state index is -0.414. The minimum absolute atomic E-state index is 0.157. The molecule has 2 aromatic rings. The number of rotatable bonds is 4. The molecule has 0 atom stereocenters. The fourth-order valence-electron chi connectivity index (χ4n) is 2.42. The van der Waals surface area contributed by atoms with Gasteiger partial charge in [0.1, 0.15) is 5.78 Å². The molecule has 6 nitrogen and oxygen atoms in total. The van der Waals surface area contributed by atoms with E-state index >= 15 is 0 Å². The molecule has 1 N–H and O–H groups in total. The largest absolute Gasteiger partial charge is 0.492 e. The second kappa shape index (κ2) is 6.01. The summed E-state index contributed by atoms with van der Waals surface area (Å²) >= 11 is 0. The first-order valence-electron chi connectivity index (χ1n) is 6.81. The second-order valence-electron chi connectivity index (χ2n) is 5.19. The average molecular weight is 302 g/mol. The fourth-order valence-corrected chi connectivity index (χ4v) is 2.42. The summed E-state index contributed by atoms with van der Waals surface area (Å²) in [7, 11) is 3.12. The lowest BCUT2D eigenvalue weighted by molar-refractivity contribution is -0.124. The molecule has 22 heavy (non-hydrogen) atoms. The van der Waals surface area contributed by atoms with Crippen molar-refractivity contribution in [2.45, 2.75) is 20.3 Å². The summed E-state index contributed by atoms with van der Waals surface area (Å²) in [5.41, 5.74) is 1.71. The van der Waals surface area contributed by atoms with Gasteiger partial charge in [0, 0.05) is 18.5 Å². The summed E-state index contributed by atoms with van der Waals surface area (Å²) in [6, 6.07) is 5.07. The number of Topliss-reactive ketones (excluding diaryl/α,β-unsaturated/α-hetero) is 1. The van der Waals surface area contributed by atoms with Crippen molar-refractivity contribution in [3.05, 3.63) is 34.1 Å². The van der Waals surface area contributed by atoms with Gasteiger partial charge in [0.25, 0.3) is 5.56 Å². The number of hydrogen-bond acceptors (Lipinski definition) is 4. The molecule has 0 saturated carbocycles. The number of pyridine rings is 1. The van der Waals surface area contributed by atoms with Crippen molar-refractivity contribution >= 4 is 28.3 Å². The minimum Gasteiger partial charge on any atom is -0.492 e. The van der Waals surface area contributed by atoms with Crippen molar-refractivity contribution in [3.63, 3.8) is 0 Å². The molecular formula is C16H18N2O4. The molecule has 0 bridgehead atoms. The number of anilines is 1. The molecule has 1 amide bonds. The summed E-state index contributed by atoms with van der Waals surface area (Å²) < 4.78 is 6.87. The maximum atomic E-state index is 12.0. The Morgan fingerprint density at radius 2 is 2.00 bits per heavy atom. The Hall–Kier alpha value is -2.63. The van der Waals surface area contributed by atoms with Crippen LogP contribution in [0.25, 0.3) is 10.9 Å². The van der Waals surface area contributed by atoms with Gasteiger partial charge in [-0.05, 0) is 25.5 Å². The Morgan fingerprint density at radius 1 is 1.32 bits per heavy atom. The zero-order valence-electron chi connectivity index (χ0n) is 13.0. The number of benzene rings is 1. The van der Waals surface area contributed by atoms with Gasteiger partial charge in [-0.2, -0.15) is 0 Å². The van der Waals surface area contributed by atoms with Crippen LogP contribution in [0.4, 0.5) is 5.69 Å². The molecule has 0 saturated heterocycles. The number of nitrogens with one attached hydrogen (secondary N) is 1. The maximum Gasteiger partial charge on any atom is 0.251 e. The van der Waals surface area contributed by atoms with Gasteiger partial charge in [0.2, 0.25) is 5.91 Å². The number of aromatic nitrogens is 1. The summed E-state index contributed by atoms with van der Waals surface area (Å²) in [6.07, 6.45) is -0.200. The van der Waals surface area contributed by atoms with E-state index in [2.05, 4.69) is 5.32 Å². The van der Waals surface area contributed by atoms with E-state index in [0.29, 0.717) is 17.0 Å². The predicted molar refractivity (Wildman–Crippen MR) is 84.4 cm³/mol. The molecule has 116 valence electrons. The van der Waals surface area contributed by atoms with Gasteiger partial charge >= 0.3 is 0 Å². The number of ketones is 1. The smallest absolute Gasteiger partial charge is 0.251 e. The molecule has 0 unspecified atom stereocenters. The molecule has 0 aliphatic rings. The highest BCUT2D eigenvalue weighted by atomic mass is 16.5. The van der Waals surface area contributed by atoms with Crippen LogP contribution in [0.5, 0.6) is 5.75 Å². The number of aryl methyl sites for hydroxylation is 2. The van der Waals surface area contributed by atoms with Crippen LogP contribution in [-0.4, -0.2) is 23.4 Å². The lowest BCUT2D eigenvalue weighted by atomic mass is 10.1. The van der Waals surface area contributed by atoms with Crippen LogP contribution in [0.15, 0.2) is 23.0 Å². The van der Waals surface area contributed by atoms with Crippen molar-refractivity contribution in [3.8, 4) is 5.75 Å². The first-order valence-corrected chi connectivity index (χ1v) is 6.81. The number of nitrogens with zero attached hydrogens (tertiary/aromatic N) is 1. The molecule has 0 aliphatic carbocycles. The van der Waals surface area contributed by atoms with Crippen LogP contribution in [0.2, 0.25) is 0 Å². The average Bonchev–Trinajstić information content (AvgIpc) is 2.43. The summed E-state index contributed by atoms with van der Waals surface area (Å²) in [4.78, 5) is 34.8. The number of carbonyl (C=O) groups excluding carboxylic acids is 2. The third kappa shape index (κ3) is 2.86. The highest BCUT2D eigenvalue weighted by Crippen LogP contribution is 2.34. The molecule has 1 aromatic carbocycles. The van der Waals surface area contributed by atoms with Crippen molar-refractivity contribution in [2.75, 3.05) is 12.4 Å². The molecule has 6 heteroatoms. The Labute approximate surface area is 127 Å². The number of amides is 1. The quantitative estimate of drug-likeness (QED) is 0.873. The van der Waals surface area contributed by atoms with Crippen LogP contribution < -0.4 is 15.6 Å². The van der Waals surface area contributed by atoms with E-state index in [0.717, 1.165) is 10.9 Å². The van der Waals surface area contributed by atoms with Crippen molar-refractivity contribution in [1.29, 1.82) is 0 Å². The zero-order valence-corrected chi connectivity index (χ0v) is 13.0. The third-order valence-electron chi connectivity index (χ3n) is 3.45. The molecule has 2 rings (SSSR count). The van der Waals surface area contributed by atoms with Gasteiger partial charge in [-0.1, -0.05) is 6.07 Å². The lowest BCUT2D eigenvalue weighted by Gasteiger charge is -2.16. The maximum absolute atomic E-state index is 12.0. The predicted octanol–water partition coefficient (Wildman–Crippen LogP) is 1.77. The summed E-state index contributed by atoms with van der Waals surface area (Å²) in [5.74, 6) is -0.235. The van der Waals surface area contributed by atoms with E-state index in [9.17, 15) is 14.4 Å². The van der Waals surface area contributed by atoms with E-state index < -0.39 is 5.91 Å². The van der Waals surface area contributed by atoms with Crippen molar-refractivity contribution in [2.24, 2.45) is 7.05 Å². The van der Waals surface area contributed by atoms with Crippen LogP contribution in [0.1, 0.15) is 18.9 Å². The van der Waals surface area contributed by atoms with Gasteiger partial charge in [0.05, 0.1) is 24.7 Å². The SMILES string of the molecule is COc1c(NC(=O)CC(C)=O)ccc2c(C)cc(=O)n(C)c12. The van der Waals surface area contributed by atoms with Crippen LogP contribution >= 0.6 is 0 Å². The van der Waals surface area contributed by atoms with Gasteiger partial charge in [-0.3, -0.25) is 14.4 Å². The zero-order chi connectivity index (χ0) is 16.4. The molecule has 0 radical (unpaired) electrons. The fraction of sp³-hybridized carbons (Fsp3) is 0.312. The molecule has 1 heterocycles. The Morgan fingerprint density at radius 3 is 2.59 bits per heavy atom. The molecule has 0 aliphatic heterocycles. The second-order valence-corrected chi connectivity index (χ2v) is 5.19. The van der Waals surface area contributed by atoms with Crippen LogP contribution in [-0.2, 0) is 16.6 Å². The highest BCUT2D eigenvalue weighted by Gasteiger charge is 2.15. The standard InChI is InChI=1S/C16H18N2O4/c1-9-7-14(21)18(3)15-11(9)5-6-12(16(15)22-4)17-13(20)8-10(2)19/h5-7H,8H2,1-4H3,(H,17,20). The van der Waals surface area contributed by atoms with Crippen molar-refractivity contribution in [1.82, 2.24) is 4.57 Å².